The maximum atomic E-state index is 13.2. The Balaban J connectivity index is 1.19. The van der Waals surface area contributed by atoms with Crippen molar-refractivity contribution in [3.63, 3.8) is 0 Å². The summed E-state index contributed by atoms with van der Waals surface area (Å²) in [7, 11) is -0.323. The normalized spacial score (nSPS) is 28.8. The third kappa shape index (κ3) is 4.58. The summed E-state index contributed by atoms with van der Waals surface area (Å²) >= 11 is 0. The highest BCUT2D eigenvalue weighted by Crippen LogP contribution is 2.66. The molecule has 1 heterocycles. The van der Waals surface area contributed by atoms with Crippen molar-refractivity contribution in [3.8, 4) is 0 Å². The van der Waals surface area contributed by atoms with E-state index in [0.717, 1.165) is 19.3 Å². The van der Waals surface area contributed by atoms with E-state index in [4.69, 9.17) is 9.31 Å². The molecule has 3 saturated carbocycles. The predicted octanol–water partition coefficient (Wildman–Crippen LogP) is 6.48. The van der Waals surface area contributed by atoms with Crippen LogP contribution in [0.3, 0.4) is 0 Å². The molecule has 3 aromatic carbocycles. The lowest BCUT2D eigenvalue weighted by Crippen LogP contribution is -2.65. The van der Waals surface area contributed by atoms with Gasteiger partial charge in [-0.3, -0.25) is 4.79 Å². The molecule has 2 bridgehead atoms. The minimum atomic E-state index is -0.323. The first-order valence-electron chi connectivity index (χ1n) is 14.4. The summed E-state index contributed by atoms with van der Waals surface area (Å²) in [6.07, 6.45) is 3.97. The minimum absolute atomic E-state index is 0.0341. The van der Waals surface area contributed by atoms with Crippen molar-refractivity contribution in [2.45, 2.75) is 70.9 Å². The van der Waals surface area contributed by atoms with Gasteiger partial charge in [-0.25, -0.2) is 0 Å². The fraction of sp³-hybridized carbons (Fsp3) is 0.485. The molecular weight excluding hydrogens is 469 g/mol. The van der Waals surface area contributed by atoms with E-state index in [1.807, 2.05) is 25.1 Å². The molecule has 3 unspecified atom stereocenters. The summed E-state index contributed by atoms with van der Waals surface area (Å²) in [5.41, 5.74) is 2.48. The summed E-state index contributed by atoms with van der Waals surface area (Å²) in [6, 6.07) is 25.4. The maximum Gasteiger partial charge on any atom is 0.463 e. The van der Waals surface area contributed by atoms with Crippen molar-refractivity contribution in [3.05, 3.63) is 83.9 Å². The average molecular weight is 509 g/mol. The molecule has 4 nitrogen and oxygen atoms in total. The molecule has 1 saturated heterocycles. The Bertz CT molecular complexity index is 1310. The van der Waals surface area contributed by atoms with Gasteiger partial charge >= 0.3 is 7.12 Å². The first kappa shape index (κ1) is 25.6. The van der Waals surface area contributed by atoms with E-state index in [1.165, 1.54) is 28.3 Å². The van der Waals surface area contributed by atoms with Crippen molar-refractivity contribution in [1.29, 1.82) is 0 Å². The van der Waals surface area contributed by atoms with E-state index in [-0.39, 0.29) is 36.5 Å². The molecule has 1 amide bonds. The summed E-state index contributed by atoms with van der Waals surface area (Å²) in [5, 5.41) is 5.75. The van der Waals surface area contributed by atoms with Gasteiger partial charge in [0.05, 0.1) is 11.7 Å². The minimum Gasteiger partial charge on any atom is -0.405 e. The van der Waals surface area contributed by atoms with Gasteiger partial charge in [-0.15, -0.1) is 0 Å². The number of benzene rings is 3. The standard InChI is InChI=1S/C33H40BNO3/c1-22(16-23-10-6-5-7-11-23)31(36)35-21-28(18-24-14-15-25-12-8-9-13-26(25)17-24)34-37-30-20-27-19-29(32(27,2)3)33(30,4)38-34/h5-15,17,22,27-30H,16,18-21H2,1-4H3,(H,35,36)/t22-,27?,28+,29?,30?,33+/m0/s1. The van der Waals surface area contributed by atoms with Crippen LogP contribution in [0.15, 0.2) is 72.8 Å². The van der Waals surface area contributed by atoms with E-state index in [0.29, 0.717) is 23.8 Å². The fourth-order valence-corrected chi connectivity index (χ4v) is 7.50. The molecule has 0 spiro atoms. The van der Waals surface area contributed by atoms with Crippen molar-refractivity contribution >= 4 is 23.8 Å². The maximum absolute atomic E-state index is 13.2. The molecule has 1 N–H and O–H groups in total. The van der Waals surface area contributed by atoms with Gasteiger partial charge in [0.25, 0.3) is 0 Å². The number of hydrogen-bond acceptors (Lipinski definition) is 3. The summed E-state index contributed by atoms with van der Waals surface area (Å²) in [4.78, 5) is 13.2. The second kappa shape index (κ2) is 9.84. The zero-order chi connectivity index (χ0) is 26.5. The number of carbonyl (C=O) groups excluding carboxylic acids is 1. The SMILES string of the molecule is C[C@@H](Cc1ccccc1)C(=O)NC[C@@H](Cc1ccc2ccccc2c1)B1OC2CC3CC(C3(C)C)[C@@]2(C)O1. The predicted molar refractivity (Wildman–Crippen MR) is 154 cm³/mol. The number of amides is 1. The van der Waals surface area contributed by atoms with Gasteiger partial charge in [-0.1, -0.05) is 93.6 Å². The fourth-order valence-electron chi connectivity index (χ4n) is 7.50. The highest BCUT2D eigenvalue weighted by Gasteiger charge is 2.68. The summed E-state index contributed by atoms with van der Waals surface area (Å²) in [6.45, 7) is 9.60. The Morgan fingerprint density at radius 2 is 1.68 bits per heavy atom. The van der Waals surface area contributed by atoms with Crippen molar-refractivity contribution in [2.24, 2.45) is 23.2 Å². The Morgan fingerprint density at radius 1 is 0.947 bits per heavy atom. The quantitative estimate of drug-likeness (QED) is 0.354. The number of rotatable bonds is 8. The Labute approximate surface area is 227 Å². The average Bonchev–Trinajstić information content (AvgIpc) is 3.28. The van der Waals surface area contributed by atoms with Crippen LogP contribution in [-0.2, 0) is 26.9 Å². The molecule has 0 aromatic heterocycles. The van der Waals surface area contributed by atoms with Crippen LogP contribution in [0.25, 0.3) is 10.8 Å². The Kier molecular flexibility index (Phi) is 6.64. The van der Waals surface area contributed by atoms with Crippen molar-refractivity contribution in [1.82, 2.24) is 5.32 Å². The Morgan fingerprint density at radius 3 is 2.45 bits per heavy atom. The van der Waals surface area contributed by atoms with Crippen LogP contribution in [0.5, 0.6) is 0 Å². The zero-order valence-electron chi connectivity index (χ0n) is 23.2. The van der Waals surface area contributed by atoms with Crippen LogP contribution in [-0.4, -0.2) is 31.3 Å². The van der Waals surface area contributed by atoms with E-state index in [9.17, 15) is 4.79 Å². The number of hydrogen-bond donors (Lipinski definition) is 1. The largest absolute Gasteiger partial charge is 0.463 e. The molecule has 38 heavy (non-hydrogen) atoms. The molecule has 3 aromatic rings. The van der Waals surface area contributed by atoms with Crippen molar-refractivity contribution < 1.29 is 14.1 Å². The van der Waals surface area contributed by atoms with Gasteiger partial charge in [-0.2, -0.15) is 0 Å². The van der Waals surface area contributed by atoms with Crippen LogP contribution < -0.4 is 5.32 Å². The van der Waals surface area contributed by atoms with Crippen LogP contribution in [0, 0.1) is 23.2 Å². The van der Waals surface area contributed by atoms with Crippen LogP contribution in [0.1, 0.15) is 51.7 Å². The summed E-state index contributed by atoms with van der Waals surface area (Å²) in [5.74, 6) is 1.25. The lowest BCUT2D eigenvalue weighted by atomic mass is 9.43. The molecule has 0 radical (unpaired) electrons. The van der Waals surface area contributed by atoms with Gasteiger partial charge < -0.3 is 14.6 Å². The van der Waals surface area contributed by atoms with Gasteiger partial charge in [0.2, 0.25) is 5.91 Å². The molecule has 4 fully saturated rings. The van der Waals surface area contributed by atoms with Crippen LogP contribution in [0.4, 0.5) is 0 Å². The Hall–Kier alpha value is -2.63. The van der Waals surface area contributed by atoms with Crippen LogP contribution >= 0.6 is 0 Å². The second-order valence-corrected chi connectivity index (χ2v) is 12.8. The van der Waals surface area contributed by atoms with E-state index < -0.39 is 0 Å². The molecule has 7 rings (SSSR count). The first-order valence-corrected chi connectivity index (χ1v) is 14.4. The van der Waals surface area contributed by atoms with Crippen LogP contribution in [0.2, 0.25) is 5.82 Å². The summed E-state index contributed by atoms with van der Waals surface area (Å²) < 4.78 is 13.6. The first-order chi connectivity index (χ1) is 18.2. The molecule has 6 atom stereocenters. The number of fused-ring (bicyclic) bond motifs is 1. The third-order valence-electron chi connectivity index (χ3n) is 10.0. The highest BCUT2D eigenvalue weighted by molar-refractivity contribution is 6.47. The van der Waals surface area contributed by atoms with Gasteiger partial charge in [0.1, 0.15) is 0 Å². The van der Waals surface area contributed by atoms with Crippen molar-refractivity contribution in [2.75, 3.05) is 6.54 Å². The molecule has 3 aliphatic carbocycles. The molecule has 198 valence electrons. The molecule has 4 aliphatic rings. The van der Waals surface area contributed by atoms with E-state index in [2.05, 4.69) is 80.7 Å². The number of carbonyl (C=O) groups is 1. The third-order valence-corrected chi connectivity index (χ3v) is 10.0. The smallest absolute Gasteiger partial charge is 0.405 e. The lowest BCUT2D eigenvalue weighted by Gasteiger charge is -2.64. The van der Waals surface area contributed by atoms with Gasteiger partial charge in [0, 0.05) is 18.3 Å². The number of nitrogens with one attached hydrogen (secondary N) is 1. The van der Waals surface area contributed by atoms with Gasteiger partial charge in [0.15, 0.2) is 0 Å². The lowest BCUT2D eigenvalue weighted by molar-refractivity contribution is -0.199. The molecule has 1 aliphatic heterocycles. The monoisotopic (exact) mass is 509 g/mol. The van der Waals surface area contributed by atoms with E-state index >= 15 is 0 Å². The zero-order valence-corrected chi connectivity index (χ0v) is 23.2. The second-order valence-electron chi connectivity index (χ2n) is 12.8. The van der Waals surface area contributed by atoms with Gasteiger partial charge in [-0.05, 0) is 71.8 Å². The highest BCUT2D eigenvalue weighted by atomic mass is 16.7. The molecular formula is C33H40BNO3. The topological polar surface area (TPSA) is 47.6 Å². The van der Waals surface area contributed by atoms with E-state index in [1.54, 1.807) is 0 Å². The molecule has 5 heteroatoms.